The summed E-state index contributed by atoms with van der Waals surface area (Å²) >= 11 is 0. The highest BCUT2D eigenvalue weighted by molar-refractivity contribution is 5.92. The molecule has 5 nitrogen and oxygen atoms in total. The molecule has 22 heavy (non-hydrogen) atoms. The number of benzene rings is 1. The molecule has 0 aromatic heterocycles. The average molecular weight is 303 g/mol. The molecule has 0 saturated carbocycles. The minimum Gasteiger partial charge on any atom is -0.376 e. The van der Waals surface area contributed by atoms with Crippen molar-refractivity contribution < 1.29 is 9.53 Å². The van der Waals surface area contributed by atoms with E-state index in [9.17, 15) is 4.79 Å². The summed E-state index contributed by atoms with van der Waals surface area (Å²) in [6.07, 6.45) is 2.76. The number of hydrogen-bond acceptors (Lipinski definition) is 4. The molecule has 3 rings (SSSR count). The molecule has 2 aliphatic rings. The van der Waals surface area contributed by atoms with Gasteiger partial charge in [0, 0.05) is 37.6 Å². The molecule has 2 saturated heterocycles. The van der Waals surface area contributed by atoms with Gasteiger partial charge < -0.3 is 15.0 Å². The van der Waals surface area contributed by atoms with E-state index in [2.05, 4.69) is 27.2 Å². The van der Waals surface area contributed by atoms with E-state index in [0.29, 0.717) is 13.2 Å². The predicted octanol–water partition coefficient (Wildman–Crippen LogP) is 1.95. The smallest absolute Gasteiger partial charge is 0.238 e. The molecule has 1 aromatic carbocycles. The van der Waals surface area contributed by atoms with Crippen LogP contribution in [0.5, 0.6) is 0 Å². The first-order chi connectivity index (χ1) is 10.7. The summed E-state index contributed by atoms with van der Waals surface area (Å²) in [6, 6.07) is 8.18. The van der Waals surface area contributed by atoms with Gasteiger partial charge in [-0.05, 0) is 44.0 Å². The van der Waals surface area contributed by atoms with Crippen LogP contribution in [0.3, 0.4) is 0 Å². The minimum atomic E-state index is 0.0445. The van der Waals surface area contributed by atoms with Gasteiger partial charge in [0.2, 0.25) is 5.91 Å². The van der Waals surface area contributed by atoms with Crippen molar-refractivity contribution in [3.05, 3.63) is 24.3 Å². The van der Waals surface area contributed by atoms with Crippen molar-refractivity contribution in [3.8, 4) is 0 Å². The predicted molar refractivity (Wildman–Crippen MR) is 88.4 cm³/mol. The Morgan fingerprint density at radius 3 is 2.64 bits per heavy atom. The van der Waals surface area contributed by atoms with Gasteiger partial charge in [-0.2, -0.15) is 0 Å². The highest BCUT2D eigenvalue weighted by Gasteiger charge is 2.19. The van der Waals surface area contributed by atoms with Crippen LogP contribution in [0.25, 0.3) is 0 Å². The normalized spacial score (nSPS) is 22.8. The van der Waals surface area contributed by atoms with Gasteiger partial charge in [-0.1, -0.05) is 0 Å². The van der Waals surface area contributed by atoms with E-state index in [1.807, 2.05) is 19.1 Å². The molecular formula is C17H25N3O2. The van der Waals surface area contributed by atoms with Crippen LogP contribution in [0.15, 0.2) is 24.3 Å². The van der Waals surface area contributed by atoms with E-state index in [0.717, 1.165) is 31.9 Å². The Bertz CT molecular complexity index is 497. The minimum absolute atomic E-state index is 0.0445. The first-order valence-corrected chi connectivity index (χ1v) is 8.19. The van der Waals surface area contributed by atoms with Gasteiger partial charge in [0.15, 0.2) is 0 Å². The number of carbonyl (C=O) groups excluding carboxylic acids is 1. The molecule has 1 amide bonds. The molecule has 2 aliphatic heterocycles. The van der Waals surface area contributed by atoms with Crippen LogP contribution in [0.2, 0.25) is 0 Å². The quantitative estimate of drug-likeness (QED) is 0.923. The molecule has 1 N–H and O–H groups in total. The number of ether oxygens (including phenoxy) is 1. The van der Waals surface area contributed by atoms with E-state index in [-0.39, 0.29) is 12.0 Å². The lowest BCUT2D eigenvalue weighted by Gasteiger charge is -2.30. The number of nitrogens with one attached hydrogen (secondary N) is 1. The van der Waals surface area contributed by atoms with Gasteiger partial charge in [0.05, 0.1) is 19.3 Å². The maximum Gasteiger partial charge on any atom is 0.238 e. The molecule has 1 atom stereocenters. The van der Waals surface area contributed by atoms with E-state index >= 15 is 0 Å². The van der Waals surface area contributed by atoms with Crippen molar-refractivity contribution in [1.29, 1.82) is 0 Å². The lowest BCUT2D eigenvalue weighted by Crippen LogP contribution is -2.44. The molecule has 0 bridgehead atoms. The van der Waals surface area contributed by atoms with E-state index < -0.39 is 0 Å². The summed E-state index contributed by atoms with van der Waals surface area (Å²) in [7, 11) is 0. The first kappa shape index (κ1) is 15.3. The zero-order valence-corrected chi connectivity index (χ0v) is 13.3. The summed E-state index contributed by atoms with van der Waals surface area (Å²) in [5.41, 5.74) is 2.12. The van der Waals surface area contributed by atoms with Crippen molar-refractivity contribution in [2.24, 2.45) is 0 Å². The van der Waals surface area contributed by atoms with Crippen LogP contribution in [0.1, 0.15) is 19.8 Å². The number of morpholine rings is 1. The first-order valence-electron chi connectivity index (χ1n) is 8.19. The Balaban J connectivity index is 1.50. The van der Waals surface area contributed by atoms with Gasteiger partial charge in [-0.3, -0.25) is 9.69 Å². The van der Waals surface area contributed by atoms with E-state index in [4.69, 9.17) is 4.74 Å². The molecule has 2 heterocycles. The Hall–Kier alpha value is -1.59. The summed E-state index contributed by atoms with van der Waals surface area (Å²) < 4.78 is 5.49. The zero-order chi connectivity index (χ0) is 15.4. The lowest BCUT2D eigenvalue weighted by atomic mass is 10.2. The highest BCUT2D eigenvalue weighted by Crippen LogP contribution is 2.22. The summed E-state index contributed by atoms with van der Waals surface area (Å²) in [6.45, 7) is 7.11. The molecule has 0 unspecified atom stereocenters. The van der Waals surface area contributed by atoms with Crippen molar-refractivity contribution in [3.63, 3.8) is 0 Å². The van der Waals surface area contributed by atoms with Crippen LogP contribution >= 0.6 is 0 Å². The Labute approximate surface area is 132 Å². The van der Waals surface area contributed by atoms with Crippen LogP contribution in [-0.2, 0) is 9.53 Å². The SMILES string of the molecule is C[C@H]1CN(CC(=O)Nc2ccc(N3CCCC3)cc2)CCO1. The van der Waals surface area contributed by atoms with Crippen LogP contribution < -0.4 is 10.2 Å². The number of anilines is 2. The summed E-state index contributed by atoms with van der Waals surface area (Å²) in [5, 5.41) is 2.98. The third kappa shape index (κ3) is 3.99. The topological polar surface area (TPSA) is 44.8 Å². The second kappa shape index (κ2) is 7.11. The molecule has 1 aromatic rings. The fourth-order valence-electron chi connectivity index (χ4n) is 3.17. The maximum absolute atomic E-state index is 12.1. The fourth-order valence-corrected chi connectivity index (χ4v) is 3.17. The summed E-state index contributed by atoms with van der Waals surface area (Å²) in [4.78, 5) is 16.7. The summed E-state index contributed by atoms with van der Waals surface area (Å²) in [5.74, 6) is 0.0445. The lowest BCUT2D eigenvalue weighted by molar-refractivity contribution is -0.119. The Kier molecular flexibility index (Phi) is 4.95. The van der Waals surface area contributed by atoms with Crippen LogP contribution in [0.4, 0.5) is 11.4 Å². The van der Waals surface area contributed by atoms with Crippen LogP contribution in [0, 0.1) is 0 Å². The average Bonchev–Trinajstić information content (AvgIpc) is 3.02. The molecule has 0 spiro atoms. The number of rotatable bonds is 4. The molecule has 5 heteroatoms. The van der Waals surface area contributed by atoms with Gasteiger partial charge in [0.25, 0.3) is 0 Å². The zero-order valence-electron chi connectivity index (χ0n) is 13.3. The van der Waals surface area contributed by atoms with Crippen molar-refractivity contribution in [2.45, 2.75) is 25.9 Å². The van der Waals surface area contributed by atoms with Crippen LogP contribution in [-0.4, -0.2) is 56.2 Å². The largest absolute Gasteiger partial charge is 0.376 e. The molecular weight excluding hydrogens is 278 g/mol. The standard InChI is InChI=1S/C17H25N3O2/c1-14-12-19(10-11-22-14)13-17(21)18-15-4-6-16(7-5-15)20-8-2-3-9-20/h4-7,14H,2-3,8-13H2,1H3,(H,18,21)/t14-/m0/s1. The molecule has 2 fully saturated rings. The third-order valence-electron chi connectivity index (χ3n) is 4.31. The maximum atomic E-state index is 12.1. The Morgan fingerprint density at radius 1 is 1.23 bits per heavy atom. The third-order valence-corrected chi connectivity index (χ3v) is 4.31. The van der Waals surface area contributed by atoms with Crippen molar-refractivity contribution in [2.75, 3.05) is 49.5 Å². The second-order valence-corrected chi connectivity index (χ2v) is 6.21. The van der Waals surface area contributed by atoms with Gasteiger partial charge >= 0.3 is 0 Å². The van der Waals surface area contributed by atoms with Gasteiger partial charge in [0.1, 0.15) is 0 Å². The Morgan fingerprint density at radius 2 is 1.95 bits per heavy atom. The molecule has 120 valence electrons. The second-order valence-electron chi connectivity index (χ2n) is 6.21. The number of amides is 1. The van der Waals surface area contributed by atoms with Crippen molar-refractivity contribution >= 4 is 17.3 Å². The van der Waals surface area contributed by atoms with E-state index in [1.165, 1.54) is 18.5 Å². The van der Waals surface area contributed by atoms with Crippen molar-refractivity contribution in [1.82, 2.24) is 4.90 Å². The number of hydrogen-bond donors (Lipinski definition) is 1. The number of carbonyl (C=O) groups is 1. The van der Waals surface area contributed by atoms with Gasteiger partial charge in [-0.25, -0.2) is 0 Å². The monoisotopic (exact) mass is 303 g/mol. The highest BCUT2D eigenvalue weighted by atomic mass is 16.5. The van der Waals surface area contributed by atoms with Gasteiger partial charge in [-0.15, -0.1) is 0 Å². The molecule has 0 radical (unpaired) electrons. The fraction of sp³-hybridized carbons (Fsp3) is 0.588. The number of nitrogens with zero attached hydrogens (tertiary/aromatic N) is 2. The van der Waals surface area contributed by atoms with E-state index in [1.54, 1.807) is 0 Å². The molecule has 0 aliphatic carbocycles.